The van der Waals surface area contributed by atoms with E-state index in [9.17, 15) is 14.7 Å². The zero-order chi connectivity index (χ0) is 64.6. The maximum atomic E-state index is 11.8. The molecule has 2 aromatic heterocycles. The summed E-state index contributed by atoms with van der Waals surface area (Å²) >= 11 is 9.53. The van der Waals surface area contributed by atoms with Gasteiger partial charge in [0.15, 0.2) is 8.32 Å². The van der Waals surface area contributed by atoms with Crippen LogP contribution in [0.5, 0.6) is 0 Å². The van der Waals surface area contributed by atoms with Gasteiger partial charge in [0.2, 0.25) is 0 Å². The molecule has 6 aromatic rings. The van der Waals surface area contributed by atoms with Crippen LogP contribution in [-0.4, -0.2) is 67.1 Å². The number of nitrogens with zero attached hydrogens (tertiary/aromatic N) is 2. The summed E-state index contributed by atoms with van der Waals surface area (Å²) in [6.45, 7) is 42.9. The predicted octanol–water partition coefficient (Wildman–Crippen LogP) is 19.5. The highest BCUT2D eigenvalue weighted by Gasteiger charge is 2.42. The van der Waals surface area contributed by atoms with Gasteiger partial charge in [0.05, 0.1) is 44.6 Å². The second-order valence-electron chi connectivity index (χ2n) is 27.4. The molecule has 0 fully saturated rings. The molecule has 2 heterocycles. The van der Waals surface area contributed by atoms with Gasteiger partial charge in [-0.2, -0.15) is 0 Å². The van der Waals surface area contributed by atoms with Gasteiger partial charge in [0.1, 0.15) is 0 Å². The summed E-state index contributed by atoms with van der Waals surface area (Å²) < 4.78 is 16.7. The summed E-state index contributed by atoms with van der Waals surface area (Å²) in [5.74, 6) is -0.523. The van der Waals surface area contributed by atoms with Gasteiger partial charge in [-0.3, -0.25) is 19.6 Å². The Labute approximate surface area is 531 Å². The van der Waals surface area contributed by atoms with E-state index in [1.54, 1.807) is 12.4 Å². The van der Waals surface area contributed by atoms with Crippen molar-refractivity contribution in [2.24, 2.45) is 10.8 Å². The van der Waals surface area contributed by atoms with Crippen LogP contribution in [0, 0.1) is 38.5 Å². The Balaban J connectivity index is 0.000000357. The van der Waals surface area contributed by atoms with E-state index in [1.165, 1.54) is 69.9 Å². The topological polar surface area (TPSA) is 108 Å². The molecular weight excluding hydrogens is 1120 g/mol. The van der Waals surface area contributed by atoms with Gasteiger partial charge < -0.3 is 19.0 Å². The van der Waals surface area contributed by atoms with Crippen molar-refractivity contribution in [3.8, 4) is 22.3 Å². The monoisotopic (exact) mass is 1230 g/mol. The van der Waals surface area contributed by atoms with Gasteiger partial charge in [-0.1, -0.05) is 163 Å². The maximum absolute atomic E-state index is 11.8. The molecule has 470 valence electrons. The van der Waals surface area contributed by atoms with Crippen LogP contribution in [0.1, 0.15) is 195 Å². The van der Waals surface area contributed by atoms with Crippen LogP contribution in [0.4, 0.5) is 0 Å². The fourth-order valence-electron chi connectivity index (χ4n) is 11.7. The van der Waals surface area contributed by atoms with Gasteiger partial charge in [0.25, 0.3) is 0 Å². The zero-order valence-electron chi connectivity index (χ0n) is 56.5. The average molecular weight is 1230 g/mol. The Bertz CT molecular complexity index is 3160. The number of aliphatic hydroxyl groups is 1. The van der Waals surface area contributed by atoms with Crippen molar-refractivity contribution in [1.82, 2.24) is 9.97 Å². The minimum absolute atomic E-state index is 0.0725. The summed E-state index contributed by atoms with van der Waals surface area (Å²) in [6.07, 6.45) is 15.3. The van der Waals surface area contributed by atoms with Crippen LogP contribution in [0.15, 0.2) is 110 Å². The van der Waals surface area contributed by atoms with E-state index in [0.29, 0.717) is 0 Å². The molecule has 2 atom stereocenters. The average Bonchev–Trinajstić information content (AvgIpc) is 0.940. The number of carbonyl (C=O) groups excluding carboxylic acids is 2. The van der Waals surface area contributed by atoms with E-state index in [2.05, 4.69) is 214 Å². The van der Waals surface area contributed by atoms with Gasteiger partial charge in [-0.05, 0) is 198 Å². The van der Waals surface area contributed by atoms with Gasteiger partial charge in [-0.25, -0.2) is 0 Å². The molecule has 0 bridgehead atoms. The van der Waals surface area contributed by atoms with Crippen molar-refractivity contribution >= 4 is 43.5 Å². The number of aromatic nitrogens is 2. The third-order valence-electron chi connectivity index (χ3n) is 18.7. The zero-order valence-corrected chi connectivity index (χ0v) is 59.0. The molecule has 1 N–H and O–H groups in total. The summed E-state index contributed by atoms with van der Waals surface area (Å²) in [6, 6.07) is 31.8. The van der Waals surface area contributed by atoms with Gasteiger partial charge >= 0.3 is 11.9 Å². The Morgan fingerprint density at radius 2 is 0.872 bits per heavy atom. The molecule has 6 rings (SSSR count). The molecular formula is C75H106Cl2N2O6Si. The number of methoxy groups -OCH3 is 2. The largest absolute Gasteiger partial charge is 0.469 e. The minimum Gasteiger partial charge on any atom is -0.469 e. The molecule has 86 heavy (non-hydrogen) atoms. The Morgan fingerprint density at radius 3 is 1.17 bits per heavy atom. The highest BCUT2D eigenvalue weighted by molar-refractivity contribution is 6.74. The summed E-state index contributed by atoms with van der Waals surface area (Å²) in [7, 11) is 0.947. The maximum Gasteiger partial charge on any atom is 0.310 e. The first-order valence-corrected chi connectivity index (χ1v) is 35.1. The number of halogens is 2. The molecule has 0 saturated carbocycles. The highest BCUT2D eigenvalue weighted by atomic mass is 35.5. The standard InChI is InChI=1S/C40H59NO3Si.C34H45NO3.CH2Cl2/c1-14-40(15-2,34-19-20-35(29(4)23-34)32-24-30(26-41-27-32)25-37(42)43-11)33-18-16-31(28(3)22-33)17-21-36(38(5,6)7)44-45(12,13)39(8,9)10;1-9-34(10-2,28-13-11-26(23(3)17-28)12-16-31(36)33(5,6)7)29-14-15-30(24(4)18-29)27-19-25(21-35-22-27)20-32(37)38-8;2-1-3/h16,18-20,22-24,26-27,36H,14-15,17,21,25H2,1-13H3;11,13-15,17-19,21-22,31,36H,9-10,12,16,20H2,1-8H3;1H2. The minimum atomic E-state index is -1.87. The number of hydrogen-bond donors (Lipinski definition) is 1. The van der Waals surface area contributed by atoms with E-state index in [4.69, 9.17) is 37.1 Å². The van der Waals surface area contributed by atoms with E-state index in [1.807, 2.05) is 24.5 Å². The number of ether oxygens (including phenoxy) is 2. The lowest BCUT2D eigenvalue weighted by molar-refractivity contribution is -0.140. The SMILES string of the molecule is CCC(CC)(c1ccc(CCC(O)C(C)(C)C)c(C)c1)c1ccc(-c2cncc(CC(=O)OC)c2)c(C)c1.CCC(CC)(c1ccc(CCC(O[Si](C)(C)C(C)(C)C)C(C)(C)C)c(C)c1)c1ccc(-c2cncc(CC(=O)OC)c2)c(C)c1.ClCCl. The van der Waals surface area contributed by atoms with Crippen LogP contribution in [0.25, 0.3) is 22.3 Å². The van der Waals surface area contributed by atoms with Crippen molar-refractivity contribution in [3.05, 3.63) is 176 Å². The Morgan fingerprint density at radius 1 is 0.523 bits per heavy atom. The second kappa shape index (κ2) is 31.8. The van der Waals surface area contributed by atoms with Gasteiger partial charge in [0, 0.05) is 46.7 Å². The highest BCUT2D eigenvalue weighted by Crippen LogP contribution is 2.45. The third kappa shape index (κ3) is 18.9. The number of rotatable bonds is 22. The van der Waals surface area contributed by atoms with E-state index in [-0.39, 0.29) is 69.0 Å². The van der Waals surface area contributed by atoms with Crippen molar-refractivity contribution in [3.63, 3.8) is 0 Å². The predicted molar refractivity (Wildman–Crippen MR) is 366 cm³/mol. The molecule has 0 aliphatic heterocycles. The molecule has 4 aromatic carbocycles. The first-order chi connectivity index (χ1) is 40.2. The fraction of sp³-hybridized carbons (Fsp3) is 0.520. The second-order valence-corrected chi connectivity index (χ2v) is 32.9. The molecule has 0 amide bonds. The molecule has 8 nitrogen and oxygen atoms in total. The van der Waals surface area contributed by atoms with Crippen molar-refractivity contribution in [2.45, 2.75) is 223 Å². The lowest BCUT2D eigenvalue weighted by Crippen LogP contribution is -2.47. The molecule has 0 saturated heterocycles. The van der Waals surface area contributed by atoms with Crippen LogP contribution < -0.4 is 0 Å². The molecule has 0 radical (unpaired) electrons. The van der Waals surface area contributed by atoms with E-state index < -0.39 is 8.32 Å². The van der Waals surface area contributed by atoms with Crippen molar-refractivity contribution < 1.29 is 28.6 Å². The van der Waals surface area contributed by atoms with Crippen LogP contribution >= 0.6 is 23.2 Å². The number of carbonyl (C=O) groups is 2. The number of benzene rings is 4. The first kappa shape index (κ1) is 73.3. The number of aliphatic hydroxyl groups excluding tert-OH is 1. The van der Waals surface area contributed by atoms with E-state index in [0.717, 1.165) is 84.7 Å². The molecule has 0 aliphatic rings. The lowest BCUT2D eigenvalue weighted by atomic mass is 9.69. The quantitative estimate of drug-likeness (QED) is 0.0407. The number of hydrogen-bond acceptors (Lipinski definition) is 8. The summed E-state index contributed by atoms with van der Waals surface area (Å²) in [5.41, 5.74) is 19.0. The molecule has 0 aliphatic carbocycles. The smallest absolute Gasteiger partial charge is 0.310 e. The van der Waals surface area contributed by atoms with Crippen LogP contribution in [-0.2, 0) is 60.0 Å². The molecule has 2 unspecified atom stereocenters. The lowest BCUT2D eigenvalue weighted by Gasteiger charge is -2.43. The Kier molecular flexibility index (Phi) is 27.1. The molecule has 11 heteroatoms. The normalized spacial score (nSPS) is 13.0. The van der Waals surface area contributed by atoms with E-state index >= 15 is 0 Å². The number of pyridine rings is 2. The Hall–Kier alpha value is -5.16. The fourth-order valence-corrected chi connectivity index (χ4v) is 13.3. The van der Waals surface area contributed by atoms with Crippen LogP contribution in [0.3, 0.4) is 0 Å². The number of esters is 2. The number of aryl methyl sites for hydroxylation is 6. The molecule has 0 spiro atoms. The summed E-state index contributed by atoms with van der Waals surface area (Å²) in [5, 5.41) is 10.9. The van der Waals surface area contributed by atoms with Gasteiger partial charge in [-0.15, -0.1) is 23.2 Å². The first-order valence-electron chi connectivity index (χ1n) is 31.2. The third-order valence-corrected chi connectivity index (χ3v) is 23.2. The summed E-state index contributed by atoms with van der Waals surface area (Å²) in [4.78, 5) is 32.4. The van der Waals surface area contributed by atoms with Crippen molar-refractivity contribution in [2.75, 3.05) is 19.6 Å². The van der Waals surface area contributed by atoms with Crippen LogP contribution in [0.2, 0.25) is 18.1 Å². The number of alkyl halides is 2. The van der Waals surface area contributed by atoms with Crippen molar-refractivity contribution in [1.29, 1.82) is 0 Å².